The van der Waals surface area contributed by atoms with Gasteiger partial charge in [0, 0.05) is 12.0 Å². The third-order valence-corrected chi connectivity index (χ3v) is 3.61. The fourth-order valence-electron chi connectivity index (χ4n) is 2.60. The van der Waals surface area contributed by atoms with E-state index >= 15 is 0 Å². The van der Waals surface area contributed by atoms with E-state index in [0.717, 1.165) is 0 Å². The first-order valence-corrected chi connectivity index (χ1v) is 5.51. The van der Waals surface area contributed by atoms with E-state index in [1.807, 2.05) is 0 Å². The Hall–Kier alpha value is -0.820. The van der Waals surface area contributed by atoms with Crippen LogP contribution in [0.25, 0.3) is 0 Å². The van der Waals surface area contributed by atoms with E-state index in [2.05, 4.69) is 49.2 Å². The maximum atomic E-state index is 2.44. The summed E-state index contributed by atoms with van der Waals surface area (Å²) >= 11 is 0. The van der Waals surface area contributed by atoms with Crippen molar-refractivity contribution in [1.82, 2.24) is 4.90 Å². The highest BCUT2D eigenvalue weighted by Gasteiger charge is 2.36. The van der Waals surface area contributed by atoms with E-state index in [9.17, 15) is 0 Å². The molecule has 1 aromatic carbocycles. The minimum atomic E-state index is 0.427. The molecule has 0 radical (unpaired) electrons. The van der Waals surface area contributed by atoms with E-state index in [1.165, 1.54) is 31.5 Å². The van der Waals surface area contributed by atoms with Gasteiger partial charge < -0.3 is 4.90 Å². The van der Waals surface area contributed by atoms with Crippen LogP contribution in [0, 0.1) is 0 Å². The zero-order chi connectivity index (χ0) is 10.0. The predicted octanol–water partition coefficient (Wildman–Crippen LogP) is 2.67. The van der Waals surface area contributed by atoms with Gasteiger partial charge in [-0.25, -0.2) is 0 Å². The molecule has 0 saturated carbocycles. The Bertz CT molecular complexity index is 293. The summed E-state index contributed by atoms with van der Waals surface area (Å²) in [6, 6.07) is 11.0. The molecule has 1 saturated heterocycles. The molecule has 14 heavy (non-hydrogen) atoms. The molecule has 2 rings (SSSR count). The molecular formula is C13H19N. The number of benzene rings is 1. The van der Waals surface area contributed by atoms with Crippen molar-refractivity contribution in [3.63, 3.8) is 0 Å². The molecule has 0 aromatic heterocycles. The Morgan fingerprint density at radius 1 is 1.29 bits per heavy atom. The van der Waals surface area contributed by atoms with Crippen LogP contribution < -0.4 is 0 Å². The van der Waals surface area contributed by atoms with E-state index < -0.39 is 0 Å². The molecule has 1 aliphatic heterocycles. The Labute approximate surface area is 86.7 Å². The van der Waals surface area contributed by atoms with Crippen molar-refractivity contribution in [2.24, 2.45) is 0 Å². The fraction of sp³-hybridized carbons (Fsp3) is 0.538. The molecule has 0 unspecified atom stereocenters. The lowest BCUT2D eigenvalue weighted by atomic mass is 9.77. The van der Waals surface area contributed by atoms with Crippen LogP contribution in [0.3, 0.4) is 0 Å². The molecule has 0 N–H and O–H groups in total. The highest BCUT2D eigenvalue weighted by Crippen LogP contribution is 2.36. The van der Waals surface area contributed by atoms with Gasteiger partial charge >= 0.3 is 0 Å². The van der Waals surface area contributed by atoms with Gasteiger partial charge in [-0.1, -0.05) is 37.3 Å². The van der Waals surface area contributed by atoms with Crippen LogP contribution in [0.2, 0.25) is 0 Å². The first kappa shape index (κ1) is 9.72. The third kappa shape index (κ3) is 1.57. The summed E-state index contributed by atoms with van der Waals surface area (Å²) < 4.78 is 0. The van der Waals surface area contributed by atoms with Gasteiger partial charge in [0.05, 0.1) is 0 Å². The number of hydrogen-bond acceptors (Lipinski definition) is 1. The first-order chi connectivity index (χ1) is 6.77. The van der Waals surface area contributed by atoms with Gasteiger partial charge in [-0.05, 0) is 32.0 Å². The van der Waals surface area contributed by atoms with Crippen LogP contribution in [0.1, 0.15) is 25.3 Å². The van der Waals surface area contributed by atoms with Crippen molar-refractivity contribution >= 4 is 0 Å². The summed E-state index contributed by atoms with van der Waals surface area (Å²) in [6.45, 7) is 4.77. The number of rotatable bonds is 2. The summed E-state index contributed by atoms with van der Waals surface area (Å²) in [5.41, 5.74) is 1.95. The summed E-state index contributed by atoms with van der Waals surface area (Å²) in [7, 11) is 2.22. The van der Waals surface area contributed by atoms with Gasteiger partial charge in [-0.2, -0.15) is 0 Å². The molecular weight excluding hydrogens is 170 g/mol. The average molecular weight is 189 g/mol. The fourth-order valence-corrected chi connectivity index (χ4v) is 2.60. The molecule has 1 heterocycles. The van der Waals surface area contributed by atoms with Crippen LogP contribution in [-0.4, -0.2) is 25.0 Å². The molecule has 1 heteroatoms. The monoisotopic (exact) mass is 189 g/mol. The van der Waals surface area contributed by atoms with E-state index in [1.54, 1.807) is 0 Å². The summed E-state index contributed by atoms with van der Waals surface area (Å²) in [4.78, 5) is 2.44. The molecule has 1 aliphatic rings. The summed E-state index contributed by atoms with van der Waals surface area (Å²) in [5.74, 6) is 0. The van der Waals surface area contributed by atoms with Crippen LogP contribution >= 0.6 is 0 Å². The largest absolute Gasteiger partial charge is 0.305 e. The second kappa shape index (κ2) is 3.74. The molecule has 0 aliphatic carbocycles. The number of nitrogens with zero attached hydrogens (tertiary/aromatic N) is 1. The average Bonchev–Trinajstić information content (AvgIpc) is 2.63. The Morgan fingerprint density at radius 3 is 2.50 bits per heavy atom. The highest BCUT2D eigenvalue weighted by atomic mass is 15.1. The molecule has 0 spiro atoms. The zero-order valence-electron chi connectivity index (χ0n) is 9.16. The van der Waals surface area contributed by atoms with E-state index in [0.29, 0.717) is 5.41 Å². The quantitative estimate of drug-likeness (QED) is 0.691. The second-order valence-corrected chi connectivity index (χ2v) is 4.49. The molecule has 0 amide bonds. The van der Waals surface area contributed by atoms with Gasteiger partial charge in [-0.15, -0.1) is 0 Å². The van der Waals surface area contributed by atoms with E-state index in [-0.39, 0.29) is 0 Å². The van der Waals surface area contributed by atoms with Crippen molar-refractivity contribution in [3.8, 4) is 0 Å². The summed E-state index contributed by atoms with van der Waals surface area (Å²) in [6.07, 6.45) is 2.56. The van der Waals surface area contributed by atoms with Crippen LogP contribution in [-0.2, 0) is 5.41 Å². The Kier molecular flexibility index (Phi) is 2.60. The van der Waals surface area contributed by atoms with Crippen LogP contribution in [0.15, 0.2) is 30.3 Å². The highest BCUT2D eigenvalue weighted by molar-refractivity contribution is 5.27. The SMILES string of the molecule is CC[C@@]1(c2ccccc2)CCN(C)C1. The van der Waals surface area contributed by atoms with Gasteiger partial charge in [0.15, 0.2) is 0 Å². The topological polar surface area (TPSA) is 3.24 Å². The van der Waals surface area contributed by atoms with Crippen molar-refractivity contribution < 1.29 is 0 Å². The smallest absolute Gasteiger partial charge is 0.00897 e. The maximum absolute atomic E-state index is 2.44. The minimum Gasteiger partial charge on any atom is -0.305 e. The molecule has 0 bridgehead atoms. The summed E-state index contributed by atoms with van der Waals surface area (Å²) in [5, 5.41) is 0. The molecule has 1 atom stereocenters. The first-order valence-electron chi connectivity index (χ1n) is 5.51. The number of likely N-dealkylation sites (tertiary alicyclic amines) is 1. The lowest BCUT2D eigenvalue weighted by Gasteiger charge is -2.28. The van der Waals surface area contributed by atoms with Crippen molar-refractivity contribution in [3.05, 3.63) is 35.9 Å². The lowest BCUT2D eigenvalue weighted by Crippen LogP contribution is -2.28. The van der Waals surface area contributed by atoms with Gasteiger partial charge in [0.25, 0.3) is 0 Å². The normalized spacial score (nSPS) is 28.1. The third-order valence-electron chi connectivity index (χ3n) is 3.61. The van der Waals surface area contributed by atoms with Crippen molar-refractivity contribution in [1.29, 1.82) is 0 Å². The van der Waals surface area contributed by atoms with Crippen LogP contribution in [0.5, 0.6) is 0 Å². The van der Waals surface area contributed by atoms with E-state index in [4.69, 9.17) is 0 Å². The Balaban J connectivity index is 2.30. The van der Waals surface area contributed by atoms with Gasteiger partial charge in [-0.3, -0.25) is 0 Å². The molecule has 1 fully saturated rings. The molecule has 1 nitrogen and oxygen atoms in total. The van der Waals surface area contributed by atoms with Crippen molar-refractivity contribution in [2.45, 2.75) is 25.2 Å². The zero-order valence-corrected chi connectivity index (χ0v) is 9.16. The predicted molar refractivity (Wildman–Crippen MR) is 60.5 cm³/mol. The minimum absolute atomic E-state index is 0.427. The molecule has 76 valence electrons. The standard InChI is InChI=1S/C13H19N/c1-3-13(9-10-14(2)11-13)12-7-5-4-6-8-12/h4-8H,3,9-11H2,1-2H3/t13-/m1/s1. The number of hydrogen-bond donors (Lipinski definition) is 0. The Morgan fingerprint density at radius 2 is 2.00 bits per heavy atom. The van der Waals surface area contributed by atoms with Crippen molar-refractivity contribution in [2.75, 3.05) is 20.1 Å². The van der Waals surface area contributed by atoms with Gasteiger partial charge in [0.2, 0.25) is 0 Å². The number of likely N-dealkylation sites (N-methyl/N-ethyl adjacent to an activating group) is 1. The van der Waals surface area contributed by atoms with Crippen LogP contribution in [0.4, 0.5) is 0 Å². The van der Waals surface area contributed by atoms with Gasteiger partial charge in [0.1, 0.15) is 0 Å². The molecule has 1 aromatic rings. The second-order valence-electron chi connectivity index (χ2n) is 4.49. The maximum Gasteiger partial charge on any atom is 0.00897 e. The lowest BCUT2D eigenvalue weighted by molar-refractivity contribution is 0.361.